The van der Waals surface area contributed by atoms with Crippen LogP contribution in [0.5, 0.6) is 11.5 Å². The molecule has 0 saturated carbocycles. The number of amides is 4. The van der Waals surface area contributed by atoms with Gasteiger partial charge in [0.1, 0.15) is 12.1 Å². The van der Waals surface area contributed by atoms with Crippen molar-refractivity contribution in [1.29, 1.82) is 0 Å². The summed E-state index contributed by atoms with van der Waals surface area (Å²) in [7, 11) is 0. The average molecular weight is 603 g/mol. The number of carbonyl (C=O) groups is 5. The fourth-order valence-electron chi connectivity index (χ4n) is 4.75. The van der Waals surface area contributed by atoms with Crippen molar-refractivity contribution in [3.63, 3.8) is 0 Å². The van der Waals surface area contributed by atoms with E-state index in [9.17, 15) is 24.0 Å². The molecule has 0 spiro atoms. The van der Waals surface area contributed by atoms with Crippen LogP contribution in [0, 0.1) is 5.92 Å². The fraction of sp³-hybridized carbons (Fsp3) is 0.364. The molecule has 4 amide bonds. The van der Waals surface area contributed by atoms with Crippen LogP contribution in [0.15, 0.2) is 72.3 Å². The zero-order chi connectivity index (χ0) is 31.6. The summed E-state index contributed by atoms with van der Waals surface area (Å²) in [5.41, 5.74) is 2.02. The van der Waals surface area contributed by atoms with Crippen LogP contribution in [0.1, 0.15) is 56.0 Å². The number of ether oxygens (including phenoxy) is 2. The SMILES string of the molecule is CC(C)[C@H](NC(=O)[C@H](C)NC(=O)[C@H](CC1=CCCC=C1)NC(=O)c1ccccc1)C(=O)C(=O)NCc1ccc2c(c1)OCO2. The van der Waals surface area contributed by atoms with Crippen molar-refractivity contribution in [3.05, 3.63) is 83.5 Å². The van der Waals surface area contributed by atoms with Gasteiger partial charge >= 0.3 is 0 Å². The largest absolute Gasteiger partial charge is 0.454 e. The normalized spacial score (nSPS) is 15.4. The van der Waals surface area contributed by atoms with Crippen LogP contribution in [-0.4, -0.2) is 54.3 Å². The third-order valence-electron chi connectivity index (χ3n) is 7.28. The van der Waals surface area contributed by atoms with Crippen LogP contribution in [-0.2, 0) is 25.7 Å². The Morgan fingerprint density at radius 2 is 1.59 bits per heavy atom. The number of ketones is 1. The van der Waals surface area contributed by atoms with Gasteiger partial charge in [-0.15, -0.1) is 0 Å². The molecule has 2 aromatic carbocycles. The molecule has 0 radical (unpaired) electrons. The third-order valence-corrected chi connectivity index (χ3v) is 7.28. The fourth-order valence-corrected chi connectivity index (χ4v) is 4.75. The molecular formula is C33H38N4O7. The lowest BCUT2D eigenvalue weighted by Crippen LogP contribution is -2.57. The molecule has 0 aromatic heterocycles. The molecular weight excluding hydrogens is 564 g/mol. The van der Waals surface area contributed by atoms with E-state index in [1.165, 1.54) is 6.92 Å². The van der Waals surface area contributed by atoms with Gasteiger partial charge in [0.15, 0.2) is 11.5 Å². The summed E-state index contributed by atoms with van der Waals surface area (Å²) in [5.74, 6) is -2.51. The first kappa shape index (κ1) is 32.0. The van der Waals surface area contributed by atoms with Crippen LogP contribution in [0.2, 0.25) is 0 Å². The summed E-state index contributed by atoms with van der Waals surface area (Å²) in [6.07, 6.45) is 7.92. The van der Waals surface area contributed by atoms with Crippen molar-refractivity contribution in [2.45, 2.75) is 64.7 Å². The Balaban J connectivity index is 1.35. The Morgan fingerprint density at radius 3 is 2.30 bits per heavy atom. The highest BCUT2D eigenvalue weighted by Gasteiger charge is 2.32. The smallest absolute Gasteiger partial charge is 0.289 e. The Hall–Kier alpha value is -4.93. The highest BCUT2D eigenvalue weighted by molar-refractivity contribution is 6.38. The Kier molecular flexibility index (Phi) is 10.9. The molecule has 0 fully saturated rings. The van der Waals surface area contributed by atoms with Gasteiger partial charge in [-0.05, 0) is 61.1 Å². The summed E-state index contributed by atoms with van der Waals surface area (Å²) in [5, 5.41) is 10.6. The second-order valence-corrected chi connectivity index (χ2v) is 11.1. The lowest BCUT2D eigenvalue weighted by atomic mass is 9.98. The molecule has 2 aromatic rings. The maximum atomic E-state index is 13.3. The third kappa shape index (κ3) is 8.56. The minimum atomic E-state index is -1.12. The Bertz CT molecular complexity index is 1450. The van der Waals surface area contributed by atoms with Gasteiger partial charge in [-0.3, -0.25) is 24.0 Å². The van der Waals surface area contributed by atoms with Crippen molar-refractivity contribution in [2.75, 3.05) is 6.79 Å². The van der Waals surface area contributed by atoms with E-state index in [2.05, 4.69) is 21.3 Å². The minimum Gasteiger partial charge on any atom is -0.454 e. The molecule has 232 valence electrons. The van der Waals surface area contributed by atoms with Crippen molar-refractivity contribution >= 4 is 29.4 Å². The summed E-state index contributed by atoms with van der Waals surface area (Å²) >= 11 is 0. The zero-order valence-electron chi connectivity index (χ0n) is 25.1. The van der Waals surface area contributed by atoms with Crippen molar-refractivity contribution in [3.8, 4) is 11.5 Å². The van der Waals surface area contributed by atoms with E-state index in [1.54, 1.807) is 62.4 Å². The van der Waals surface area contributed by atoms with Crippen LogP contribution >= 0.6 is 0 Å². The summed E-state index contributed by atoms with van der Waals surface area (Å²) < 4.78 is 10.6. The predicted molar refractivity (Wildman–Crippen MR) is 163 cm³/mol. The average Bonchev–Trinajstić information content (AvgIpc) is 3.50. The van der Waals surface area contributed by atoms with E-state index < -0.39 is 53.5 Å². The zero-order valence-corrected chi connectivity index (χ0v) is 25.1. The van der Waals surface area contributed by atoms with Crippen LogP contribution in [0.4, 0.5) is 0 Å². The maximum absolute atomic E-state index is 13.3. The molecule has 0 unspecified atom stereocenters. The molecule has 11 heteroatoms. The molecule has 11 nitrogen and oxygen atoms in total. The standard InChI is InChI=1S/C33H38N4O7/c1-20(2)28(29(38)33(42)34-18-23-14-15-26-27(17-23)44-19-43-26)37-30(39)21(3)35-32(41)25(16-22-10-6-4-7-11-22)36-31(40)24-12-8-5-9-13-24/h5-6,8-15,17,20-21,25,28H,4,7,16,18-19H2,1-3H3,(H,34,42)(H,35,41)(H,36,40)(H,37,39)/t21-,25-,28-/m0/s1. The van der Waals surface area contributed by atoms with Crippen LogP contribution < -0.4 is 30.7 Å². The van der Waals surface area contributed by atoms with E-state index in [0.717, 1.165) is 18.4 Å². The first-order valence-electron chi connectivity index (χ1n) is 14.6. The number of allylic oxidation sites excluding steroid dienone is 3. The van der Waals surface area contributed by atoms with Gasteiger partial charge in [0, 0.05) is 18.5 Å². The summed E-state index contributed by atoms with van der Waals surface area (Å²) in [4.78, 5) is 65.1. The molecule has 44 heavy (non-hydrogen) atoms. The number of fused-ring (bicyclic) bond motifs is 1. The van der Waals surface area contributed by atoms with Gasteiger partial charge < -0.3 is 30.7 Å². The van der Waals surface area contributed by atoms with Crippen LogP contribution in [0.3, 0.4) is 0 Å². The van der Waals surface area contributed by atoms with E-state index in [-0.39, 0.29) is 19.8 Å². The van der Waals surface area contributed by atoms with Gasteiger partial charge in [0.2, 0.25) is 24.4 Å². The van der Waals surface area contributed by atoms with Crippen LogP contribution in [0.25, 0.3) is 0 Å². The molecule has 1 aliphatic carbocycles. The number of hydrogen-bond acceptors (Lipinski definition) is 7. The Morgan fingerprint density at radius 1 is 0.841 bits per heavy atom. The molecule has 4 rings (SSSR count). The summed E-state index contributed by atoms with van der Waals surface area (Å²) in [6.45, 7) is 5.09. The highest BCUT2D eigenvalue weighted by atomic mass is 16.7. The summed E-state index contributed by atoms with van der Waals surface area (Å²) in [6, 6.07) is 10.6. The number of hydrogen-bond donors (Lipinski definition) is 4. The van der Waals surface area contributed by atoms with E-state index in [4.69, 9.17) is 9.47 Å². The molecule has 0 saturated heterocycles. The van der Waals surface area contributed by atoms with Crippen molar-refractivity contribution in [1.82, 2.24) is 21.3 Å². The molecule has 3 atom stereocenters. The number of carbonyl (C=O) groups excluding carboxylic acids is 5. The minimum absolute atomic E-state index is 0.0775. The quantitative estimate of drug-likeness (QED) is 0.257. The van der Waals surface area contributed by atoms with Crippen molar-refractivity contribution in [2.24, 2.45) is 5.92 Å². The maximum Gasteiger partial charge on any atom is 0.289 e. The predicted octanol–water partition coefficient (Wildman–Crippen LogP) is 2.71. The molecule has 1 heterocycles. The number of rotatable bonds is 13. The second-order valence-electron chi connectivity index (χ2n) is 11.1. The highest BCUT2D eigenvalue weighted by Crippen LogP contribution is 2.32. The molecule has 0 bridgehead atoms. The molecule has 2 aliphatic rings. The molecule has 1 aliphatic heterocycles. The number of nitrogens with one attached hydrogen (secondary N) is 4. The van der Waals surface area contributed by atoms with E-state index >= 15 is 0 Å². The second kappa shape index (κ2) is 15.0. The topological polar surface area (TPSA) is 152 Å². The van der Waals surface area contributed by atoms with Gasteiger partial charge in [-0.2, -0.15) is 0 Å². The lowest BCUT2D eigenvalue weighted by molar-refractivity contribution is -0.141. The van der Waals surface area contributed by atoms with Gasteiger partial charge in [-0.1, -0.05) is 56.3 Å². The lowest BCUT2D eigenvalue weighted by Gasteiger charge is -2.25. The monoisotopic (exact) mass is 602 g/mol. The number of Topliss-reactive ketones (excluding diaryl/α,β-unsaturated/α-hetero) is 1. The van der Waals surface area contributed by atoms with E-state index in [0.29, 0.717) is 22.6 Å². The van der Waals surface area contributed by atoms with Gasteiger partial charge in [0.25, 0.3) is 11.8 Å². The Labute approximate surface area is 256 Å². The first-order valence-corrected chi connectivity index (χ1v) is 14.6. The first-order chi connectivity index (χ1) is 21.1. The number of benzene rings is 2. The van der Waals surface area contributed by atoms with E-state index in [1.807, 2.05) is 18.2 Å². The molecule has 4 N–H and O–H groups in total. The van der Waals surface area contributed by atoms with Gasteiger partial charge in [0.05, 0.1) is 6.04 Å². The van der Waals surface area contributed by atoms with Gasteiger partial charge in [-0.25, -0.2) is 0 Å². The van der Waals surface area contributed by atoms with Crippen molar-refractivity contribution < 1.29 is 33.4 Å².